The molecule has 0 saturated carbocycles. The number of aromatic nitrogens is 4. The number of likely N-dealkylation sites (tertiary alicyclic amines) is 1. The Hall–Kier alpha value is -3.49. The Morgan fingerprint density at radius 1 is 1.17 bits per heavy atom. The Labute approximate surface area is 173 Å². The van der Waals surface area contributed by atoms with Gasteiger partial charge in [0.2, 0.25) is 5.91 Å². The summed E-state index contributed by atoms with van der Waals surface area (Å²) < 4.78 is 1.68. The fourth-order valence-corrected chi connectivity index (χ4v) is 4.51. The fraction of sp³-hybridized carbons (Fsp3) is 0.381. The maximum Gasteiger partial charge on any atom is 0.256 e. The summed E-state index contributed by atoms with van der Waals surface area (Å²) in [6, 6.07) is 10.7. The molecule has 2 aliphatic heterocycles. The van der Waals surface area contributed by atoms with Crippen LogP contribution in [0.5, 0.6) is 0 Å². The number of nitrogens with one attached hydrogen (secondary N) is 1. The first-order chi connectivity index (χ1) is 14.5. The van der Waals surface area contributed by atoms with E-state index in [1.807, 2.05) is 48.0 Å². The first-order valence-electron chi connectivity index (χ1n) is 10.1. The number of pyridine rings is 1. The highest BCUT2D eigenvalue weighted by molar-refractivity contribution is 6.01. The number of benzene rings is 1. The molecule has 5 rings (SSSR count). The first-order valence-corrected chi connectivity index (χ1v) is 10.1. The Morgan fingerprint density at radius 3 is 2.73 bits per heavy atom. The molecular weight excluding hydrogens is 382 g/mol. The lowest BCUT2D eigenvalue weighted by atomic mass is 9.91. The van der Waals surface area contributed by atoms with Crippen molar-refractivity contribution in [3.8, 4) is 0 Å². The molecule has 1 spiro atoms. The van der Waals surface area contributed by atoms with Gasteiger partial charge in [0.25, 0.3) is 5.91 Å². The Kier molecular flexibility index (Phi) is 4.19. The minimum absolute atomic E-state index is 0.00353. The monoisotopic (exact) mass is 405 g/mol. The zero-order valence-electron chi connectivity index (χ0n) is 16.9. The van der Waals surface area contributed by atoms with Crippen LogP contribution >= 0.6 is 0 Å². The number of para-hydroxylation sites is 1. The van der Waals surface area contributed by atoms with Crippen molar-refractivity contribution in [2.24, 2.45) is 0 Å². The second-order valence-electron chi connectivity index (χ2n) is 7.94. The van der Waals surface area contributed by atoms with Crippen molar-refractivity contribution in [1.29, 1.82) is 0 Å². The predicted octanol–water partition coefficient (Wildman–Crippen LogP) is 1.59. The van der Waals surface area contributed by atoms with Gasteiger partial charge in [0.1, 0.15) is 23.0 Å². The van der Waals surface area contributed by atoms with Gasteiger partial charge in [0, 0.05) is 39.2 Å². The second kappa shape index (κ2) is 6.79. The number of piperidine rings is 1. The lowest BCUT2D eigenvalue weighted by Crippen LogP contribution is -2.67. The number of carbonyl (C=O) groups excluding carboxylic acids is 2. The number of nitrogens with zero attached hydrogens (tertiary/aromatic N) is 6. The van der Waals surface area contributed by atoms with Crippen LogP contribution in [0.15, 0.2) is 42.6 Å². The summed E-state index contributed by atoms with van der Waals surface area (Å²) >= 11 is 0. The Balaban J connectivity index is 1.33. The first kappa shape index (κ1) is 18.5. The number of hydrogen-bond acceptors (Lipinski definition) is 6. The van der Waals surface area contributed by atoms with Gasteiger partial charge in [-0.1, -0.05) is 17.3 Å². The van der Waals surface area contributed by atoms with Crippen molar-refractivity contribution in [2.75, 3.05) is 25.0 Å². The highest BCUT2D eigenvalue weighted by Gasteiger charge is 2.45. The van der Waals surface area contributed by atoms with E-state index >= 15 is 0 Å². The van der Waals surface area contributed by atoms with Crippen LogP contribution in [0.25, 0.3) is 11.0 Å². The summed E-state index contributed by atoms with van der Waals surface area (Å²) in [5.41, 5.74) is 1.66. The topological polar surface area (TPSA) is 96.2 Å². The molecule has 1 N–H and O–H groups in total. The van der Waals surface area contributed by atoms with Gasteiger partial charge in [-0.2, -0.15) is 0 Å². The van der Waals surface area contributed by atoms with Crippen LogP contribution in [0.4, 0.5) is 5.82 Å². The number of fused-ring (bicyclic) bond motifs is 2. The molecule has 2 aliphatic rings. The van der Waals surface area contributed by atoms with E-state index in [2.05, 4.69) is 20.6 Å². The molecule has 0 aliphatic carbocycles. The minimum atomic E-state index is -0.529. The van der Waals surface area contributed by atoms with Crippen LogP contribution in [0.1, 0.15) is 36.2 Å². The average molecular weight is 405 g/mol. The van der Waals surface area contributed by atoms with Crippen LogP contribution in [0.3, 0.4) is 0 Å². The number of carbonyl (C=O) groups is 2. The molecule has 4 heterocycles. The molecule has 1 atom stereocenters. The molecule has 9 nitrogen and oxygen atoms in total. The standard InChI is InChI=1S/C21H23N7O2/c1-14(28-17-8-4-3-7-16(17)24-25-28)20(30)27-12-9-21(10-13-27)23-19(29)15-6-5-11-22-18(15)26(21)2/h3-8,11,14H,9-10,12-13H2,1-2H3,(H,23,29). The third-order valence-corrected chi connectivity index (χ3v) is 6.34. The number of anilines is 1. The van der Waals surface area contributed by atoms with Crippen LogP contribution in [-0.2, 0) is 4.79 Å². The molecule has 9 heteroatoms. The highest BCUT2D eigenvalue weighted by Crippen LogP contribution is 2.35. The molecule has 30 heavy (non-hydrogen) atoms. The number of amides is 2. The highest BCUT2D eigenvalue weighted by atomic mass is 16.2. The van der Waals surface area contributed by atoms with E-state index in [4.69, 9.17) is 0 Å². The number of rotatable bonds is 2. The third kappa shape index (κ3) is 2.72. The van der Waals surface area contributed by atoms with Gasteiger partial charge in [0.15, 0.2) is 0 Å². The summed E-state index contributed by atoms with van der Waals surface area (Å²) in [6.45, 7) is 2.94. The zero-order valence-corrected chi connectivity index (χ0v) is 16.9. The van der Waals surface area contributed by atoms with E-state index in [9.17, 15) is 9.59 Å². The maximum absolute atomic E-state index is 13.2. The SMILES string of the molecule is CC(C(=O)N1CCC2(CC1)NC(=O)c1cccnc1N2C)n1nnc2ccccc21. The van der Waals surface area contributed by atoms with E-state index in [0.717, 1.165) is 11.0 Å². The lowest BCUT2D eigenvalue weighted by molar-refractivity contribution is -0.136. The predicted molar refractivity (Wildman–Crippen MR) is 111 cm³/mol. The Bertz CT molecular complexity index is 1130. The smallest absolute Gasteiger partial charge is 0.256 e. The zero-order chi connectivity index (χ0) is 20.9. The summed E-state index contributed by atoms with van der Waals surface area (Å²) in [6.07, 6.45) is 2.95. The van der Waals surface area contributed by atoms with Crippen molar-refractivity contribution >= 4 is 28.7 Å². The molecule has 1 fully saturated rings. The van der Waals surface area contributed by atoms with Gasteiger partial charge in [0.05, 0.1) is 11.1 Å². The molecule has 1 saturated heterocycles. The molecule has 1 aromatic carbocycles. The third-order valence-electron chi connectivity index (χ3n) is 6.34. The summed E-state index contributed by atoms with van der Waals surface area (Å²) in [4.78, 5) is 34.1. The van der Waals surface area contributed by atoms with Crippen LogP contribution in [0.2, 0.25) is 0 Å². The summed E-state index contributed by atoms with van der Waals surface area (Å²) in [7, 11) is 1.95. The molecule has 2 amide bonds. The maximum atomic E-state index is 13.2. The second-order valence-corrected chi connectivity index (χ2v) is 7.94. The summed E-state index contributed by atoms with van der Waals surface area (Å²) in [5.74, 6) is 0.575. The van der Waals surface area contributed by atoms with Gasteiger partial charge in [-0.05, 0) is 31.2 Å². The molecule has 3 aromatic rings. The molecule has 0 radical (unpaired) electrons. The number of hydrogen-bond donors (Lipinski definition) is 1. The van der Waals surface area contributed by atoms with Gasteiger partial charge in [-0.3, -0.25) is 9.59 Å². The van der Waals surface area contributed by atoms with Crippen LogP contribution in [-0.4, -0.2) is 62.5 Å². The normalized spacial score (nSPS) is 18.9. The largest absolute Gasteiger partial charge is 0.341 e. The summed E-state index contributed by atoms with van der Waals surface area (Å²) in [5, 5.41) is 11.5. The van der Waals surface area contributed by atoms with Crippen molar-refractivity contribution < 1.29 is 9.59 Å². The lowest BCUT2D eigenvalue weighted by Gasteiger charge is -2.50. The molecule has 154 valence electrons. The van der Waals surface area contributed by atoms with Crippen molar-refractivity contribution in [3.05, 3.63) is 48.2 Å². The van der Waals surface area contributed by atoms with Crippen molar-refractivity contribution in [1.82, 2.24) is 30.2 Å². The van der Waals surface area contributed by atoms with Crippen LogP contribution in [0, 0.1) is 0 Å². The van der Waals surface area contributed by atoms with Crippen molar-refractivity contribution in [2.45, 2.75) is 31.5 Å². The average Bonchev–Trinajstić information content (AvgIpc) is 3.21. The van der Waals surface area contributed by atoms with E-state index in [-0.39, 0.29) is 11.8 Å². The minimum Gasteiger partial charge on any atom is -0.341 e. The van der Waals surface area contributed by atoms with Gasteiger partial charge < -0.3 is 15.1 Å². The van der Waals surface area contributed by atoms with Crippen molar-refractivity contribution in [3.63, 3.8) is 0 Å². The fourth-order valence-electron chi connectivity index (χ4n) is 4.51. The van der Waals surface area contributed by atoms with Gasteiger partial charge in [-0.15, -0.1) is 5.10 Å². The molecular formula is C21H23N7O2. The molecule has 0 bridgehead atoms. The van der Waals surface area contributed by atoms with Gasteiger partial charge in [-0.25, -0.2) is 9.67 Å². The Morgan fingerprint density at radius 2 is 1.93 bits per heavy atom. The van der Waals surface area contributed by atoms with E-state index in [0.29, 0.717) is 37.3 Å². The quantitative estimate of drug-likeness (QED) is 0.696. The van der Waals surface area contributed by atoms with E-state index in [1.54, 1.807) is 23.0 Å². The van der Waals surface area contributed by atoms with Crippen LogP contribution < -0.4 is 10.2 Å². The molecule has 2 aromatic heterocycles. The van der Waals surface area contributed by atoms with Gasteiger partial charge >= 0.3 is 0 Å². The molecule has 1 unspecified atom stereocenters. The van der Waals surface area contributed by atoms with E-state index in [1.165, 1.54) is 0 Å². The van der Waals surface area contributed by atoms with E-state index < -0.39 is 11.7 Å².